The zero-order valence-electron chi connectivity index (χ0n) is 67.5. The van der Waals surface area contributed by atoms with Crippen molar-refractivity contribution in [1.82, 2.24) is 40.3 Å². The van der Waals surface area contributed by atoms with Gasteiger partial charge in [-0.25, -0.2) is 119 Å². The van der Waals surface area contributed by atoms with E-state index >= 15 is 70.2 Å². The zero-order chi connectivity index (χ0) is 88.9. The summed E-state index contributed by atoms with van der Waals surface area (Å²) in [5, 5.41) is 18.5. The van der Waals surface area contributed by atoms with E-state index in [1.54, 1.807) is 0 Å². The average Bonchev–Trinajstić information content (AvgIpc) is 1.47. The van der Waals surface area contributed by atoms with Gasteiger partial charge in [-0.3, -0.25) is 36.2 Å². The molecular weight excluding hydrogens is 1700 g/mol. The number of anilines is 4. The van der Waals surface area contributed by atoms with Crippen LogP contribution in [0.4, 0.5) is 93.0 Å². The average molecular weight is 1790 g/mol. The summed E-state index contributed by atoms with van der Waals surface area (Å²) in [6.45, 7) is 19.3. The third-order valence-corrected chi connectivity index (χ3v) is 24.6. The molecule has 0 unspecified atom stereocenters. The van der Waals surface area contributed by atoms with E-state index in [0.717, 1.165) is 48.6 Å². The van der Waals surface area contributed by atoms with Gasteiger partial charge in [0.2, 0.25) is 0 Å². The summed E-state index contributed by atoms with van der Waals surface area (Å²) >= 11 is 0. The van der Waals surface area contributed by atoms with Gasteiger partial charge in [-0.2, -0.15) is 0 Å². The number of fused-ring (bicyclic) bond motifs is 8. The summed E-state index contributed by atoms with van der Waals surface area (Å²) in [5.41, 5.74) is -24.7. The van der Waals surface area contributed by atoms with Crippen molar-refractivity contribution in [3.05, 3.63) is 140 Å². The Morgan fingerprint density at radius 1 is 0.250 bits per heavy atom. The number of benzene rings is 4. The fourth-order valence-corrected chi connectivity index (χ4v) is 19.2. The number of nitrogens with zero attached hydrogens (tertiary/aromatic N) is 2. The molecule has 120 heavy (non-hydrogen) atoms. The molecule has 10 N–H and O–H groups in total. The molecule has 0 radical (unpaired) electrons. The molecule has 0 amide bonds. The number of hydrogen-bond acceptors (Lipinski definition) is 18. The number of aromatic nitrogens is 4. The third kappa shape index (κ3) is 22.0. The molecular formula is C76H90F16N12O12P4. The highest BCUT2D eigenvalue weighted by Crippen LogP contribution is 2.52. The van der Waals surface area contributed by atoms with Crippen LogP contribution in [0.5, 0.6) is 0 Å². The highest BCUT2D eigenvalue weighted by Gasteiger charge is 2.39. The number of rotatable bonds is 40. The molecule has 2 aliphatic rings. The van der Waals surface area contributed by atoms with E-state index in [1.165, 1.54) is 111 Å². The minimum atomic E-state index is -4.18. The van der Waals surface area contributed by atoms with E-state index in [9.17, 15) is 18.3 Å². The quantitative estimate of drug-likeness (QED) is 0.00739. The van der Waals surface area contributed by atoms with Crippen LogP contribution in [0.2, 0.25) is 0 Å². The molecule has 44 heteroatoms. The van der Waals surface area contributed by atoms with Gasteiger partial charge in [0.25, 0.3) is 0 Å². The Kier molecular flexibility index (Phi) is 31.7. The maximum absolute atomic E-state index is 17.6. The second-order valence-corrected chi connectivity index (χ2v) is 36.0. The molecule has 8 bridgehead atoms. The van der Waals surface area contributed by atoms with Crippen molar-refractivity contribution in [2.75, 3.05) is 73.6 Å². The van der Waals surface area contributed by atoms with Crippen molar-refractivity contribution in [3.8, 4) is 44.5 Å². The summed E-state index contributed by atoms with van der Waals surface area (Å²) in [6, 6.07) is 3.10. The fourth-order valence-electron chi connectivity index (χ4n) is 12.4. The predicted molar refractivity (Wildman–Crippen MR) is 426 cm³/mol. The molecule has 0 spiro atoms. The summed E-state index contributed by atoms with van der Waals surface area (Å²) in [6.07, 6.45) is -2.70. The van der Waals surface area contributed by atoms with Crippen LogP contribution < -0.4 is 41.6 Å². The molecule has 24 nitrogen and oxygen atoms in total. The molecule has 0 aliphatic carbocycles. The van der Waals surface area contributed by atoms with Crippen LogP contribution >= 0.6 is 31.0 Å². The first-order valence-corrected chi connectivity index (χ1v) is 43.8. The number of H-pyrrole nitrogens is 2. The van der Waals surface area contributed by atoms with Crippen LogP contribution in [-0.2, 0) is 54.5 Å². The smallest absolute Gasteiger partial charge is 0.379 e. The van der Waals surface area contributed by atoms with Crippen LogP contribution in [0.3, 0.4) is 0 Å². The number of hydrogen-bond donors (Lipinski definition) is 10. The van der Waals surface area contributed by atoms with Crippen molar-refractivity contribution in [2.45, 2.75) is 160 Å². The largest absolute Gasteiger partial charge is 0.406 e. The van der Waals surface area contributed by atoms with Crippen molar-refractivity contribution < 1.29 is 125 Å². The standard InChI is InChI=1S/C76H90F16N12O12P4/c1-33(2)109-117(105,110-34(3)4)97-29-25-93-73-65(85)57(77)53(58(78)66(73)86)49-41-17-19-43(101-41)50(54-59(79)67(87)74(68(88)60(54)80)94-26-30-98-118(106,111-35(5)6)112-36(7)8)45-21-23-47(103-45)52(56-63(83)71(91)76(72(92)64(56)84)96-28-32-100-120(108,115-39(13)14)116-40(15)16)48-24-22-46(104-48)51(44-20-18-42(49)102-44)55-61(81)69(89)75(70(90)62(55)82)95-27-31-99-119(107,113-37(9)10)114-38(11)12/h17-24,33-40,93-96,101,104H,25-32H2,1-16H3,(H,97,105)(H,98,106)(H,99,107)(H,100,108). The normalized spacial score (nSPS) is 13.0. The summed E-state index contributed by atoms with van der Waals surface area (Å²) in [4.78, 5) is 13.8. The molecule has 658 valence electrons. The van der Waals surface area contributed by atoms with E-state index in [0.29, 0.717) is 0 Å². The monoisotopic (exact) mass is 1790 g/mol. The van der Waals surface area contributed by atoms with E-state index in [1.807, 2.05) is 0 Å². The summed E-state index contributed by atoms with van der Waals surface area (Å²) in [7, 11) is -16.7. The van der Waals surface area contributed by atoms with Gasteiger partial charge >= 0.3 is 31.0 Å². The van der Waals surface area contributed by atoms with Gasteiger partial charge in [0.15, 0.2) is 93.1 Å². The molecule has 9 rings (SSSR count). The van der Waals surface area contributed by atoms with Crippen LogP contribution in [0.1, 0.15) is 134 Å². The lowest BCUT2D eigenvalue weighted by atomic mass is 10.0. The third-order valence-electron chi connectivity index (χ3n) is 16.5. The van der Waals surface area contributed by atoms with Gasteiger partial charge in [-0.15, -0.1) is 0 Å². The molecule has 0 saturated carbocycles. The lowest BCUT2D eigenvalue weighted by Gasteiger charge is -2.23. The van der Waals surface area contributed by atoms with Gasteiger partial charge < -0.3 is 31.2 Å². The molecule has 7 aromatic rings. The van der Waals surface area contributed by atoms with Crippen molar-refractivity contribution in [3.63, 3.8) is 0 Å². The van der Waals surface area contributed by atoms with Crippen LogP contribution in [0.15, 0.2) is 24.3 Å². The lowest BCUT2D eigenvalue weighted by molar-refractivity contribution is 0.134. The Hall–Kier alpha value is -8.00. The van der Waals surface area contributed by atoms with Gasteiger partial charge in [0, 0.05) is 96.7 Å². The Balaban J connectivity index is 1.37. The first-order chi connectivity index (χ1) is 56.1. The Morgan fingerprint density at radius 3 is 0.542 bits per heavy atom. The first kappa shape index (κ1) is 95.8. The SMILES string of the molecule is CC(C)OP(=O)(NCCNc1c(F)c(F)c(-c2c3nc(c(-c4c(F)c(F)c(NCCNP(=O)(OC(C)C)OC(C)C)c(F)c4F)c4ccc([nH]4)c(-c4c(F)c(F)c(NCCNP(=O)(OC(C)C)OC(C)C)c(F)c4F)c4nc(c(-c5c(F)c(F)c(NCCNP(=O)(OC(C)C)OC(C)C)c(F)c5F)c5ccc2[nH]5)C=C4)C=C3)c(F)c1F)OC(C)C. The number of nitrogens with one attached hydrogen (secondary N) is 10. The van der Waals surface area contributed by atoms with E-state index < -0.39 is 337 Å². The van der Waals surface area contributed by atoms with Crippen molar-refractivity contribution in [2.24, 2.45) is 0 Å². The second-order valence-electron chi connectivity index (χ2n) is 29.1. The number of aromatic amines is 2. The lowest BCUT2D eigenvalue weighted by Crippen LogP contribution is -2.25. The summed E-state index contributed by atoms with van der Waals surface area (Å²) < 4.78 is 374. The van der Waals surface area contributed by atoms with Gasteiger partial charge in [-0.05, 0) is 159 Å². The van der Waals surface area contributed by atoms with Crippen LogP contribution in [0.25, 0.3) is 90.9 Å². The molecule has 2 aliphatic heterocycles. The zero-order valence-corrected chi connectivity index (χ0v) is 71.1. The van der Waals surface area contributed by atoms with E-state index in [2.05, 4.69) is 61.6 Å². The van der Waals surface area contributed by atoms with Crippen molar-refractivity contribution >= 4 is 100 Å². The van der Waals surface area contributed by atoms with Gasteiger partial charge in [0.05, 0.1) is 93.9 Å². The molecule has 0 atom stereocenters. The first-order valence-electron chi connectivity index (χ1n) is 37.6. The van der Waals surface area contributed by atoms with E-state index in [-0.39, 0.29) is 0 Å². The molecule has 0 fully saturated rings. The molecule has 3 aromatic heterocycles. The Labute approximate surface area is 680 Å². The molecule has 4 aromatic carbocycles. The maximum Gasteiger partial charge on any atom is 0.406 e. The molecule has 5 heterocycles. The van der Waals surface area contributed by atoms with Crippen LogP contribution in [-0.4, -0.2) is 121 Å². The fraction of sp³-hybridized carbons (Fsp3) is 0.421. The van der Waals surface area contributed by atoms with Crippen molar-refractivity contribution in [1.29, 1.82) is 0 Å². The van der Waals surface area contributed by atoms with Gasteiger partial charge in [0.1, 0.15) is 22.7 Å². The topological polar surface area (TPSA) is 296 Å². The van der Waals surface area contributed by atoms with E-state index in [4.69, 9.17) is 36.2 Å². The van der Waals surface area contributed by atoms with Gasteiger partial charge in [-0.1, -0.05) is 0 Å². The second kappa shape index (κ2) is 39.7. The highest BCUT2D eigenvalue weighted by atomic mass is 31.2. The number of halogens is 16. The summed E-state index contributed by atoms with van der Waals surface area (Å²) in [5.74, 6) is -35.9. The predicted octanol–water partition coefficient (Wildman–Crippen LogP) is 21.4. The molecule has 0 saturated heterocycles. The Bertz CT molecular complexity index is 4650. The van der Waals surface area contributed by atoms with Crippen LogP contribution in [0, 0.1) is 93.1 Å². The minimum Gasteiger partial charge on any atom is -0.379 e. The minimum absolute atomic E-state index is 0.535. The maximum atomic E-state index is 17.6. The highest BCUT2D eigenvalue weighted by molar-refractivity contribution is 7.52. The Morgan fingerprint density at radius 2 is 0.400 bits per heavy atom.